The first-order valence-electron chi connectivity index (χ1n) is 10.6. The zero-order valence-corrected chi connectivity index (χ0v) is 18.6. The Balaban J connectivity index is 1.62. The van der Waals surface area contributed by atoms with Crippen LogP contribution in [0.25, 0.3) is 10.9 Å². The van der Waals surface area contributed by atoms with Crippen LogP contribution in [0.1, 0.15) is 52.6 Å². The third kappa shape index (κ3) is 2.83. The number of imide groups is 1. The van der Waals surface area contributed by atoms with Gasteiger partial charge in [0, 0.05) is 23.8 Å². The summed E-state index contributed by atoms with van der Waals surface area (Å²) in [5.74, 6) is -1.49. The number of hydrogen-bond donors (Lipinski definition) is 1. The average molecular weight is 458 g/mol. The summed E-state index contributed by atoms with van der Waals surface area (Å²) < 4.78 is 20.5. The van der Waals surface area contributed by atoms with Gasteiger partial charge in [-0.15, -0.1) is 0 Å². The van der Waals surface area contributed by atoms with Gasteiger partial charge in [-0.3, -0.25) is 24.3 Å². The molecule has 3 aliphatic heterocycles. The summed E-state index contributed by atoms with van der Waals surface area (Å²) in [4.78, 5) is 43.1. The van der Waals surface area contributed by atoms with Crippen molar-refractivity contribution in [3.8, 4) is 0 Å². The highest BCUT2D eigenvalue weighted by atomic mass is 32.2. The number of aryl methyl sites for hydroxylation is 1. The zero-order chi connectivity index (χ0) is 22.8. The number of hydrogen-bond acceptors (Lipinski definition) is 6. The number of carbonyl (C=O) groups excluding carboxylic acids is 3. The second kappa shape index (κ2) is 7.36. The highest BCUT2D eigenvalue weighted by Crippen LogP contribution is 2.38. The van der Waals surface area contributed by atoms with Gasteiger partial charge in [0.1, 0.15) is 11.7 Å². The number of ether oxygens (including phenoxy) is 1. The Morgan fingerprint density at radius 1 is 1.25 bits per heavy atom. The summed E-state index contributed by atoms with van der Waals surface area (Å²) in [7, 11) is -2.92. The summed E-state index contributed by atoms with van der Waals surface area (Å²) in [6, 6.07) is 4.78. The normalized spacial score (nSPS) is 25.0. The fraction of sp³-hybridized carbons (Fsp3) is 0.409. The minimum atomic E-state index is -2.92. The summed E-state index contributed by atoms with van der Waals surface area (Å²) in [6.45, 7) is 3.40. The molecular formula is C22H23N3O6S. The SMILES string of the molecule is CC(=O)OCCN1C(=O)c2c(C)nc3ccc(S4(=O)=C(O)C5CCCCN54)cc3c2C1=O. The summed E-state index contributed by atoms with van der Waals surface area (Å²) in [5, 5.41) is 11.0. The number of benzene rings is 1. The highest BCUT2D eigenvalue weighted by molar-refractivity contribution is 8.01. The van der Waals surface area contributed by atoms with Gasteiger partial charge >= 0.3 is 5.97 Å². The number of fused-ring (bicyclic) bond motifs is 4. The molecule has 0 aliphatic carbocycles. The molecule has 3 aliphatic rings. The number of nitrogens with zero attached hydrogens (tertiary/aromatic N) is 3. The second-order valence-corrected chi connectivity index (χ2v) is 10.7. The maximum atomic E-state index is 13.8. The Bertz CT molecular complexity index is 1330. The van der Waals surface area contributed by atoms with Crippen molar-refractivity contribution in [1.29, 1.82) is 0 Å². The molecule has 1 fully saturated rings. The summed E-state index contributed by atoms with van der Waals surface area (Å²) in [5.41, 5.74) is 1.34. The number of amides is 2. The van der Waals surface area contributed by atoms with Crippen molar-refractivity contribution in [2.45, 2.75) is 44.0 Å². The minimum Gasteiger partial charge on any atom is -0.464 e. The predicted molar refractivity (Wildman–Crippen MR) is 117 cm³/mol. The van der Waals surface area contributed by atoms with Crippen molar-refractivity contribution >= 4 is 43.4 Å². The van der Waals surface area contributed by atoms with Crippen LogP contribution in [-0.2, 0) is 19.2 Å². The molecule has 0 radical (unpaired) electrons. The number of rotatable bonds is 4. The topological polar surface area (TPSA) is 117 Å². The molecule has 2 atom stereocenters. The monoisotopic (exact) mass is 457 g/mol. The van der Waals surface area contributed by atoms with Crippen LogP contribution in [0.5, 0.6) is 0 Å². The van der Waals surface area contributed by atoms with Crippen molar-refractivity contribution in [3.05, 3.63) is 35.0 Å². The molecule has 0 saturated carbocycles. The molecule has 2 unspecified atom stereocenters. The fourth-order valence-electron chi connectivity index (χ4n) is 4.84. The van der Waals surface area contributed by atoms with Crippen molar-refractivity contribution in [3.63, 3.8) is 0 Å². The van der Waals surface area contributed by atoms with Gasteiger partial charge < -0.3 is 9.84 Å². The fourth-order valence-corrected chi connectivity index (χ4v) is 7.52. The molecule has 10 heteroatoms. The Hall–Kier alpha value is -2.82. The molecule has 2 amide bonds. The maximum absolute atomic E-state index is 13.8. The predicted octanol–water partition coefficient (Wildman–Crippen LogP) is 1.82. The molecule has 1 aromatic heterocycles. The van der Waals surface area contributed by atoms with E-state index >= 15 is 0 Å². The van der Waals surface area contributed by atoms with Crippen LogP contribution >= 0.6 is 0 Å². The van der Waals surface area contributed by atoms with Gasteiger partial charge in [-0.1, -0.05) is 6.42 Å². The average Bonchev–Trinajstić information content (AvgIpc) is 3.03. The Morgan fingerprint density at radius 2 is 2.00 bits per heavy atom. The molecule has 1 saturated heterocycles. The van der Waals surface area contributed by atoms with E-state index in [0.29, 0.717) is 28.0 Å². The number of esters is 1. The van der Waals surface area contributed by atoms with Crippen molar-refractivity contribution in [2.24, 2.45) is 0 Å². The number of aromatic nitrogens is 1. The second-order valence-electron chi connectivity index (χ2n) is 8.24. The Kier molecular flexibility index (Phi) is 4.84. The minimum absolute atomic E-state index is 0.0151. The van der Waals surface area contributed by atoms with Crippen LogP contribution in [0.15, 0.2) is 23.1 Å². The van der Waals surface area contributed by atoms with Crippen LogP contribution < -0.4 is 0 Å². The first-order chi connectivity index (χ1) is 15.2. The molecule has 2 aromatic rings. The molecule has 1 N–H and O–H groups in total. The third-order valence-electron chi connectivity index (χ3n) is 6.35. The van der Waals surface area contributed by atoms with E-state index in [2.05, 4.69) is 4.98 Å². The first kappa shape index (κ1) is 21.0. The number of piperidine rings is 1. The lowest BCUT2D eigenvalue weighted by Gasteiger charge is -2.46. The van der Waals surface area contributed by atoms with E-state index in [-0.39, 0.29) is 35.4 Å². The van der Waals surface area contributed by atoms with Crippen LogP contribution in [0, 0.1) is 6.92 Å². The van der Waals surface area contributed by atoms with Gasteiger partial charge in [0.25, 0.3) is 11.8 Å². The third-order valence-corrected chi connectivity index (χ3v) is 9.18. The highest BCUT2D eigenvalue weighted by Gasteiger charge is 2.46. The molecule has 168 valence electrons. The van der Waals surface area contributed by atoms with Gasteiger partial charge in [0.05, 0.1) is 44.6 Å². The number of pyridine rings is 1. The maximum Gasteiger partial charge on any atom is 0.302 e. The van der Waals surface area contributed by atoms with E-state index in [1.54, 1.807) is 25.1 Å². The molecule has 0 bridgehead atoms. The van der Waals surface area contributed by atoms with Crippen molar-refractivity contribution in [1.82, 2.24) is 14.2 Å². The van der Waals surface area contributed by atoms with Gasteiger partial charge in [0.2, 0.25) is 0 Å². The van der Waals surface area contributed by atoms with Gasteiger partial charge in [-0.25, -0.2) is 8.51 Å². The number of carbonyl (C=O) groups is 3. The molecule has 9 nitrogen and oxygen atoms in total. The van der Waals surface area contributed by atoms with E-state index in [1.165, 1.54) is 6.92 Å². The molecule has 32 heavy (non-hydrogen) atoms. The summed E-state index contributed by atoms with van der Waals surface area (Å²) in [6.07, 6.45) is 2.67. The Labute approximate surface area is 185 Å². The van der Waals surface area contributed by atoms with Crippen LogP contribution in [0.3, 0.4) is 0 Å². The van der Waals surface area contributed by atoms with E-state index in [9.17, 15) is 23.7 Å². The van der Waals surface area contributed by atoms with Crippen LogP contribution in [-0.4, -0.2) is 72.1 Å². The van der Waals surface area contributed by atoms with E-state index in [1.807, 2.05) is 4.31 Å². The number of aliphatic hydroxyl groups is 1. The van der Waals surface area contributed by atoms with E-state index < -0.39 is 27.5 Å². The first-order valence-corrected chi connectivity index (χ1v) is 12.1. The summed E-state index contributed by atoms with van der Waals surface area (Å²) >= 11 is 0. The number of aliphatic hydroxyl groups excluding tert-OH is 1. The molecule has 5 rings (SSSR count). The zero-order valence-electron chi connectivity index (χ0n) is 17.8. The van der Waals surface area contributed by atoms with Crippen molar-refractivity contribution in [2.75, 3.05) is 19.7 Å². The smallest absolute Gasteiger partial charge is 0.302 e. The largest absolute Gasteiger partial charge is 0.464 e. The Morgan fingerprint density at radius 3 is 2.75 bits per heavy atom. The van der Waals surface area contributed by atoms with Gasteiger partial charge in [0.15, 0.2) is 0 Å². The quantitative estimate of drug-likeness (QED) is 0.423. The van der Waals surface area contributed by atoms with Crippen LogP contribution in [0.2, 0.25) is 0 Å². The van der Waals surface area contributed by atoms with E-state index in [0.717, 1.165) is 24.2 Å². The van der Waals surface area contributed by atoms with E-state index in [4.69, 9.17) is 4.74 Å². The molecule has 1 aromatic carbocycles. The standard InChI is InChI=1S/C22H23N3O6S/c1-12-18-19(21(28)24(20(18)27)9-10-31-13(2)26)15-11-14(6-7-16(15)23-12)32(30)22(29)17-5-3-4-8-25(17)32/h6-7,11,17,29H,3-5,8-10H2,1-2H3. The van der Waals surface area contributed by atoms with Gasteiger partial charge in [-0.05, 0) is 38.0 Å². The molecule has 4 heterocycles. The lowest BCUT2D eigenvalue weighted by Crippen LogP contribution is -2.60. The van der Waals surface area contributed by atoms with Crippen LogP contribution in [0.4, 0.5) is 0 Å². The van der Waals surface area contributed by atoms with Crippen molar-refractivity contribution < 1.29 is 28.4 Å². The molecule has 0 spiro atoms. The lowest BCUT2D eigenvalue weighted by atomic mass is 10.0. The molecular weight excluding hydrogens is 434 g/mol. The van der Waals surface area contributed by atoms with Gasteiger partial charge in [-0.2, -0.15) is 0 Å². The lowest BCUT2D eigenvalue weighted by molar-refractivity contribution is -0.141.